The maximum absolute atomic E-state index is 14.6. The molecule has 1 aromatic carbocycles. The fraction of sp³-hybridized carbons (Fsp3) is 0.486. The number of urea groups is 1. The van der Waals surface area contributed by atoms with Gasteiger partial charge in [-0.3, -0.25) is 9.36 Å². The van der Waals surface area contributed by atoms with E-state index in [2.05, 4.69) is 31.2 Å². The number of carbonyl (C=O) groups excluding carboxylic acids is 4. The number of fused-ring (bicyclic) bond motifs is 2. The normalized spacial score (nSPS) is 22.1. The highest BCUT2D eigenvalue weighted by Crippen LogP contribution is 2.42. The lowest BCUT2D eigenvalue weighted by molar-refractivity contribution is -0.141. The summed E-state index contributed by atoms with van der Waals surface area (Å²) in [5.41, 5.74) is 4.16. The minimum Gasteiger partial charge on any atom is -0.433 e. The summed E-state index contributed by atoms with van der Waals surface area (Å²) in [6.45, 7) is -0.830. The van der Waals surface area contributed by atoms with Gasteiger partial charge in [0.25, 0.3) is 0 Å². The quantitative estimate of drug-likeness (QED) is 0.0225. The Balaban J connectivity index is 0.748. The van der Waals surface area contributed by atoms with E-state index in [9.17, 15) is 42.7 Å². The second-order valence-electron chi connectivity index (χ2n) is 14.4. The van der Waals surface area contributed by atoms with Crippen LogP contribution in [0.15, 0.2) is 56.7 Å². The molecule has 3 amide bonds. The molecule has 64 heavy (non-hydrogen) atoms. The van der Waals surface area contributed by atoms with Gasteiger partial charge in [-0.2, -0.15) is 25.5 Å². The number of hydrogen-bond acceptors (Lipinski definition) is 20. The first-order chi connectivity index (χ1) is 30.7. The van der Waals surface area contributed by atoms with Crippen LogP contribution in [0.25, 0.3) is 16.7 Å². The molecule has 22 nitrogen and oxygen atoms in total. The summed E-state index contributed by atoms with van der Waals surface area (Å²) in [5, 5.41) is 27.6. The number of nitrogens with one attached hydrogen (secondary N) is 3. The van der Waals surface area contributed by atoms with Crippen LogP contribution in [-0.4, -0.2) is 126 Å². The Morgan fingerprint density at radius 1 is 1.05 bits per heavy atom. The van der Waals surface area contributed by atoms with Crippen molar-refractivity contribution in [1.82, 2.24) is 40.5 Å². The summed E-state index contributed by atoms with van der Waals surface area (Å²) >= 11 is 1.84. The number of ether oxygens (including phenoxy) is 5. The van der Waals surface area contributed by atoms with Crippen LogP contribution in [0.5, 0.6) is 5.75 Å². The Kier molecular flexibility index (Phi) is 15.1. The minimum absolute atomic E-state index is 0.0373. The van der Waals surface area contributed by atoms with Gasteiger partial charge in [0.2, 0.25) is 12.1 Å². The highest BCUT2D eigenvalue weighted by Gasteiger charge is 2.60. The maximum Gasteiger partial charge on any atom is 0.513 e. The third kappa shape index (κ3) is 11.5. The molecule has 3 aliphatic rings. The van der Waals surface area contributed by atoms with Gasteiger partial charge in [0.15, 0.2) is 11.8 Å². The molecule has 0 bridgehead atoms. The lowest BCUT2D eigenvalue weighted by Gasteiger charge is -2.20. The van der Waals surface area contributed by atoms with Crippen LogP contribution in [0.2, 0.25) is 0 Å². The van der Waals surface area contributed by atoms with Crippen LogP contribution < -0.4 is 37.7 Å². The number of amides is 3. The molecule has 6 atom stereocenters. The van der Waals surface area contributed by atoms with Gasteiger partial charge in [0.05, 0.1) is 24.8 Å². The number of aliphatic hydroxyl groups is 1. The van der Waals surface area contributed by atoms with Crippen molar-refractivity contribution in [2.45, 2.75) is 73.9 Å². The zero-order valence-electron chi connectivity index (χ0n) is 33.4. The largest absolute Gasteiger partial charge is 0.513 e. The summed E-state index contributed by atoms with van der Waals surface area (Å²) in [6, 6.07) is 7.22. The Morgan fingerprint density at radius 2 is 1.83 bits per heavy atom. The van der Waals surface area contributed by atoms with Gasteiger partial charge in [-0.05, 0) is 37.1 Å². The first-order valence-corrected chi connectivity index (χ1v) is 23.2. The van der Waals surface area contributed by atoms with Gasteiger partial charge in [-0.25, -0.2) is 28.7 Å². The molecule has 6 N–H and O–H groups in total. The van der Waals surface area contributed by atoms with Gasteiger partial charge >= 0.3 is 35.6 Å². The molecule has 4 aromatic rings. The molecule has 3 fully saturated rings. The average molecular weight is 954 g/mol. The van der Waals surface area contributed by atoms with Gasteiger partial charge in [-0.15, -0.1) is 5.10 Å². The first-order valence-electron chi connectivity index (χ1n) is 19.6. The summed E-state index contributed by atoms with van der Waals surface area (Å²) in [6.07, 6.45) is -3.21. The molecule has 0 saturated carbocycles. The number of carbonyl (C=O) groups is 4. The third-order valence-corrected chi connectivity index (χ3v) is 13.8. The number of nitrogens with zero attached hydrogens (tertiary/aromatic N) is 5. The maximum atomic E-state index is 14.6. The number of nitrogens with two attached hydrogens (primary N) is 1. The fourth-order valence-electron chi connectivity index (χ4n) is 6.82. The van der Waals surface area contributed by atoms with Crippen molar-refractivity contribution >= 4 is 74.4 Å². The molecule has 7 rings (SSSR count). The van der Waals surface area contributed by atoms with Crippen molar-refractivity contribution in [1.29, 1.82) is 0 Å². The number of alkyl halides is 2. The topological polar surface area (TPSA) is 293 Å². The van der Waals surface area contributed by atoms with Crippen LogP contribution in [0.3, 0.4) is 0 Å². The minimum atomic E-state index is -3.91. The van der Waals surface area contributed by atoms with E-state index < -0.39 is 54.6 Å². The summed E-state index contributed by atoms with van der Waals surface area (Å²) in [5.74, 6) is -2.69. The Labute approximate surface area is 372 Å². The van der Waals surface area contributed by atoms with Gasteiger partial charge in [0, 0.05) is 46.6 Å². The monoisotopic (exact) mass is 953 g/mol. The predicted octanol–water partition coefficient (Wildman–Crippen LogP) is 2.50. The first kappa shape index (κ1) is 46.4. The van der Waals surface area contributed by atoms with Crippen molar-refractivity contribution in [2.75, 3.05) is 42.8 Å². The number of hydrogen-bond donors (Lipinski definition) is 5. The number of halogens is 2. The van der Waals surface area contributed by atoms with Crippen molar-refractivity contribution in [3.63, 3.8) is 0 Å². The van der Waals surface area contributed by atoms with Crippen LogP contribution in [-0.2, 0) is 30.3 Å². The number of nitrogen functional groups attached to an aromatic ring is 1. The summed E-state index contributed by atoms with van der Waals surface area (Å²) in [4.78, 5) is 76.5. The molecule has 3 aliphatic heterocycles. The van der Waals surface area contributed by atoms with E-state index in [0.29, 0.717) is 39.5 Å². The van der Waals surface area contributed by atoms with Crippen LogP contribution >= 0.6 is 33.3 Å². The van der Waals surface area contributed by atoms with Gasteiger partial charge in [0.1, 0.15) is 48.8 Å². The molecule has 3 unspecified atom stereocenters. The highest BCUT2D eigenvalue weighted by atomic mass is 33.1. The summed E-state index contributed by atoms with van der Waals surface area (Å²) in [7, 11) is 2.56. The second kappa shape index (κ2) is 20.9. The van der Waals surface area contributed by atoms with Crippen molar-refractivity contribution < 1.29 is 61.2 Å². The van der Waals surface area contributed by atoms with E-state index in [1.165, 1.54) is 50.7 Å². The van der Waals surface area contributed by atoms with Crippen LogP contribution in [0.4, 0.5) is 29.0 Å². The van der Waals surface area contributed by atoms with E-state index >= 15 is 0 Å². The third-order valence-electron chi connectivity index (χ3n) is 9.93. The molecule has 3 aromatic heterocycles. The zero-order chi connectivity index (χ0) is 45.4. The molecule has 0 radical (unpaired) electrons. The Morgan fingerprint density at radius 3 is 2.61 bits per heavy atom. The second-order valence-corrected chi connectivity index (χ2v) is 18.3. The molecule has 27 heteroatoms. The van der Waals surface area contributed by atoms with E-state index in [1.54, 1.807) is 6.07 Å². The SMILES string of the molecule is Nc1ccn([C@@H]2O[C@H](COC(=O)OCCSSCCOC(=O)Oc3ccc4cc(-n5cc(CNC(=O)CCCCC6SCC7NC(=O)NC76)nn5)c(=O)oc4c3)[C@@H](O)C2(F)F)c(=O)n1. The zero-order valence-corrected chi connectivity index (χ0v) is 35.9. The average Bonchev–Trinajstić information content (AvgIpc) is 4.02. The highest BCUT2D eigenvalue weighted by molar-refractivity contribution is 8.76. The number of aromatic nitrogens is 5. The van der Waals surface area contributed by atoms with E-state index in [-0.39, 0.29) is 72.4 Å². The molecule has 344 valence electrons. The number of thioether (sulfide) groups is 1. The summed E-state index contributed by atoms with van der Waals surface area (Å²) < 4.78 is 61.6. The molecule has 3 saturated heterocycles. The molecule has 6 heterocycles. The van der Waals surface area contributed by atoms with Crippen LogP contribution in [0.1, 0.15) is 37.6 Å². The lowest BCUT2D eigenvalue weighted by atomic mass is 10.0. The van der Waals surface area contributed by atoms with Crippen LogP contribution in [0, 0.1) is 0 Å². The molecule has 0 spiro atoms. The van der Waals surface area contributed by atoms with E-state index in [0.717, 1.165) is 30.9 Å². The number of rotatable bonds is 19. The number of aliphatic hydroxyl groups excluding tert-OH is 1. The Bertz CT molecular complexity index is 2460. The van der Waals surface area contributed by atoms with Crippen molar-refractivity contribution in [3.05, 3.63) is 69.3 Å². The lowest BCUT2D eigenvalue weighted by Crippen LogP contribution is -2.42. The van der Waals surface area contributed by atoms with Crippen molar-refractivity contribution in [2.24, 2.45) is 0 Å². The fourth-order valence-corrected chi connectivity index (χ4v) is 10.0. The van der Waals surface area contributed by atoms with Gasteiger partial charge in [-0.1, -0.05) is 33.2 Å². The van der Waals surface area contributed by atoms with E-state index in [1.807, 2.05) is 11.8 Å². The standard InChI is InChI=1S/C37H41F2N9O13S3/c38-37(39)30(50)25(61-32(37)47-8-7-27(40)43-34(47)53)17-58-35(54)56-9-11-63-64-12-10-57-36(55)59-21-6-5-19-13-23(31(51)60-24(19)14-21)48-16-20(45-46-48)15-41-28(49)4-2-1-3-26-29-22(18-62-26)42-33(52)44-29/h5-8,13-14,16,22,25-26,29-30,32,50H,1-4,9-12,15,17-18H2,(H,41,49)(H2,40,43,53)(H2,42,44,52)/t22?,25-,26?,29?,30-,32-/m1/s1. The predicted molar refractivity (Wildman–Crippen MR) is 225 cm³/mol. The van der Waals surface area contributed by atoms with Crippen molar-refractivity contribution in [3.8, 4) is 11.4 Å². The number of anilines is 1. The van der Waals surface area contributed by atoms with E-state index in [4.69, 9.17) is 33.8 Å². The molecular weight excluding hydrogens is 913 g/mol. The van der Waals surface area contributed by atoms with Gasteiger partial charge < -0.3 is 54.9 Å². The number of benzene rings is 1. The Hall–Kier alpha value is -5.64. The molecule has 0 aliphatic carbocycles. The number of unbranched alkanes of at least 4 members (excludes halogenated alkanes) is 1. The molecular formula is C37H41F2N9O13S3. The smallest absolute Gasteiger partial charge is 0.433 e.